The van der Waals surface area contributed by atoms with Crippen LogP contribution in [0.15, 0.2) is 0 Å². The molecule has 0 spiro atoms. The second-order valence-corrected chi connectivity index (χ2v) is 3.88. The maximum absolute atomic E-state index is 11.4. The normalized spacial score (nSPS) is 12.9. The second kappa shape index (κ2) is 8.68. The third kappa shape index (κ3) is 7.33. The summed E-state index contributed by atoms with van der Waals surface area (Å²) in [6.45, 7) is 7.17. The minimum absolute atomic E-state index is 0.00407. The zero-order chi connectivity index (χ0) is 11.7. The number of hydrogen-bond acceptors (Lipinski definition) is 3. The van der Waals surface area contributed by atoms with Gasteiger partial charge in [-0.25, -0.2) is 0 Å². The summed E-state index contributed by atoms with van der Waals surface area (Å²) in [6.07, 6.45) is 1.00. The molecule has 0 aliphatic carbocycles. The van der Waals surface area contributed by atoms with Gasteiger partial charge in [-0.1, -0.05) is 13.8 Å². The average Bonchev–Trinajstić information content (AvgIpc) is 2.17. The molecule has 0 rings (SSSR count). The average molecular weight is 217 g/mol. The van der Waals surface area contributed by atoms with E-state index in [9.17, 15) is 4.79 Å². The molecule has 15 heavy (non-hydrogen) atoms. The van der Waals surface area contributed by atoms with E-state index in [4.69, 9.17) is 9.84 Å². The molecule has 4 nitrogen and oxygen atoms in total. The van der Waals surface area contributed by atoms with E-state index in [0.717, 1.165) is 0 Å². The van der Waals surface area contributed by atoms with Gasteiger partial charge >= 0.3 is 0 Å². The summed E-state index contributed by atoms with van der Waals surface area (Å²) < 4.78 is 5.10. The Morgan fingerprint density at radius 1 is 1.47 bits per heavy atom. The smallest absolute Gasteiger partial charge is 0.222 e. The van der Waals surface area contributed by atoms with Crippen LogP contribution in [-0.4, -0.2) is 36.9 Å². The molecule has 0 heterocycles. The molecule has 0 aromatic rings. The van der Waals surface area contributed by atoms with Crippen molar-refractivity contribution >= 4 is 5.91 Å². The highest BCUT2D eigenvalue weighted by atomic mass is 16.5. The molecule has 0 aromatic carbocycles. The zero-order valence-corrected chi connectivity index (χ0v) is 9.95. The first-order valence-corrected chi connectivity index (χ1v) is 5.59. The molecular weight excluding hydrogens is 194 g/mol. The summed E-state index contributed by atoms with van der Waals surface area (Å²) in [5, 5.41) is 11.7. The van der Waals surface area contributed by atoms with Crippen molar-refractivity contribution in [1.82, 2.24) is 5.32 Å². The van der Waals surface area contributed by atoms with Gasteiger partial charge in [-0.3, -0.25) is 4.79 Å². The largest absolute Gasteiger partial charge is 0.396 e. The highest BCUT2D eigenvalue weighted by Gasteiger charge is 2.14. The van der Waals surface area contributed by atoms with Crippen LogP contribution in [0, 0.1) is 5.92 Å². The molecule has 2 N–H and O–H groups in total. The lowest BCUT2D eigenvalue weighted by Gasteiger charge is -2.21. The predicted octanol–water partition coefficient (Wildman–Crippen LogP) is 0.936. The highest BCUT2D eigenvalue weighted by molar-refractivity contribution is 5.76. The van der Waals surface area contributed by atoms with E-state index in [1.807, 2.05) is 20.8 Å². The topological polar surface area (TPSA) is 58.6 Å². The van der Waals surface area contributed by atoms with Crippen molar-refractivity contribution in [2.45, 2.75) is 39.7 Å². The van der Waals surface area contributed by atoms with Gasteiger partial charge in [0.2, 0.25) is 5.91 Å². The quantitative estimate of drug-likeness (QED) is 0.595. The fourth-order valence-electron chi connectivity index (χ4n) is 1.30. The van der Waals surface area contributed by atoms with Gasteiger partial charge < -0.3 is 15.2 Å². The lowest BCUT2D eigenvalue weighted by molar-refractivity contribution is -0.123. The van der Waals surface area contributed by atoms with Crippen LogP contribution in [0.1, 0.15) is 33.6 Å². The zero-order valence-electron chi connectivity index (χ0n) is 9.95. The summed E-state index contributed by atoms with van der Waals surface area (Å²) in [6, 6.07) is 0.0594. The third-order valence-electron chi connectivity index (χ3n) is 2.27. The molecule has 4 heteroatoms. The van der Waals surface area contributed by atoms with Crippen molar-refractivity contribution in [3.8, 4) is 0 Å². The summed E-state index contributed by atoms with van der Waals surface area (Å²) in [5.74, 6) is 0.337. The van der Waals surface area contributed by atoms with E-state index in [2.05, 4.69) is 5.32 Å². The molecule has 1 unspecified atom stereocenters. The maximum Gasteiger partial charge on any atom is 0.222 e. The van der Waals surface area contributed by atoms with Crippen molar-refractivity contribution < 1.29 is 14.6 Å². The Balaban J connectivity index is 3.78. The molecule has 0 radical (unpaired) electrons. The van der Waals surface area contributed by atoms with E-state index >= 15 is 0 Å². The van der Waals surface area contributed by atoms with Crippen molar-refractivity contribution in [3.63, 3.8) is 0 Å². The predicted molar refractivity (Wildman–Crippen MR) is 59.6 cm³/mol. The molecular formula is C11H23NO3. The molecule has 0 aromatic heterocycles. The van der Waals surface area contributed by atoms with Crippen molar-refractivity contribution in [1.29, 1.82) is 0 Å². The SMILES string of the molecule is CCOCCC(=O)NC(CCO)C(C)C. The first-order chi connectivity index (χ1) is 7.11. The van der Waals surface area contributed by atoms with Gasteiger partial charge in [0.1, 0.15) is 0 Å². The lowest BCUT2D eigenvalue weighted by Crippen LogP contribution is -2.39. The number of aliphatic hydroxyl groups excluding tert-OH is 1. The fraction of sp³-hybridized carbons (Fsp3) is 0.909. The molecule has 0 saturated carbocycles. The molecule has 0 aliphatic heterocycles. The minimum Gasteiger partial charge on any atom is -0.396 e. The second-order valence-electron chi connectivity index (χ2n) is 3.88. The number of carbonyl (C=O) groups excluding carboxylic acids is 1. The van der Waals surface area contributed by atoms with Crippen LogP contribution in [0.25, 0.3) is 0 Å². The molecule has 0 aliphatic rings. The number of carbonyl (C=O) groups is 1. The first kappa shape index (κ1) is 14.4. The number of ether oxygens (including phenoxy) is 1. The minimum atomic E-state index is -0.00407. The standard InChI is InChI=1S/C11H23NO3/c1-4-15-8-6-11(14)12-10(5-7-13)9(2)3/h9-10,13H,4-8H2,1-3H3,(H,12,14). The fourth-order valence-corrected chi connectivity index (χ4v) is 1.30. The third-order valence-corrected chi connectivity index (χ3v) is 2.27. The monoisotopic (exact) mass is 217 g/mol. The van der Waals surface area contributed by atoms with Crippen LogP contribution in [-0.2, 0) is 9.53 Å². The Hall–Kier alpha value is -0.610. The van der Waals surface area contributed by atoms with E-state index in [1.54, 1.807) is 0 Å². The number of amides is 1. The van der Waals surface area contributed by atoms with Gasteiger partial charge in [0.15, 0.2) is 0 Å². The van der Waals surface area contributed by atoms with Gasteiger partial charge in [0.25, 0.3) is 0 Å². The van der Waals surface area contributed by atoms with Crippen LogP contribution in [0.2, 0.25) is 0 Å². The number of aliphatic hydroxyl groups is 1. The Kier molecular flexibility index (Phi) is 8.33. The van der Waals surface area contributed by atoms with E-state index in [0.29, 0.717) is 32.0 Å². The number of rotatable bonds is 8. The van der Waals surface area contributed by atoms with Gasteiger partial charge in [-0.15, -0.1) is 0 Å². The molecule has 0 bridgehead atoms. The highest BCUT2D eigenvalue weighted by Crippen LogP contribution is 2.05. The maximum atomic E-state index is 11.4. The van der Waals surface area contributed by atoms with Gasteiger partial charge in [-0.05, 0) is 19.3 Å². The Morgan fingerprint density at radius 3 is 2.60 bits per heavy atom. The summed E-state index contributed by atoms with van der Waals surface area (Å²) in [4.78, 5) is 11.4. The van der Waals surface area contributed by atoms with E-state index in [1.165, 1.54) is 0 Å². The Morgan fingerprint density at radius 2 is 2.13 bits per heavy atom. The molecule has 1 atom stereocenters. The van der Waals surface area contributed by atoms with Crippen LogP contribution in [0.5, 0.6) is 0 Å². The summed E-state index contributed by atoms with van der Waals surface area (Å²) in [7, 11) is 0. The summed E-state index contributed by atoms with van der Waals surface area (Å²) in [5.41, 5.74) is 0. The lowest BCUT2D eigenvalue weighted by atomic mass is 10.0. The van der Waals surface area contributed by atoms with Crippen molar-refractivity contribution in [2.24, 2.45) is 5.92 Å². The number of hydrogen-bond donors (Lipinski definition) is 2. The van der Waals surface area contributed by atoms with E-state index < -0.39 is 0 Å². The molecule has 0 fully saturated rings. The van der Waals surface area contributed by atoms with Crippen molar-refractivity contribution in [3.05, 3.63) is 0 Å². The van der Waals surface area contributed by atoms with Crippen LogP contribution >= 0.6 is 0 Å². The van der Waals surface area contributed by atoms with Crippen LogP contribution in [0.3, 0.4) is 0 Å². The van der Waals surface area contributed by atoms with Gasteiger partial charge in [-0.2, -0.15) is 0 Å². The van der Waals surface area contributed by atoms with Crippen LogP contribution < -0.4 is 5.32 Å². The summed E-state index contributed by atoms with van der Waals surface area (Å²) >= 11 is 0. The van der Waals surface area contributed by atoms with Crippen LogP contribution in [0.4, 0.5) is 0 Å². The molecule has 1 amide bonds. The first-order valence-electron chi connectivity index (χ1n) is 5.59. The van der Waals surface area contributed by atoms with E-state index in [-0.39, 0.29) is 18.6 Å². The van der Waals surface area contributed by atoms with Gasteiger partial charge in [0, 0.05) is 25.7 Å². The van der Waals surface area contributed by atoms with Gasteiger partial charge in [0.05, 0.1) is 6.61 Å². The molecule has 90 valence electrons. The number of nitrogens with one attached hydrogen (secondary N) is 1. The molecule has 0 saturated heterocycles. The Labute approximate surface area is 92.0 Å². The Bertz CT molecular complexity index is 171. The van der Waals surface area contributed by atoms with Crippen molar-refractivity contribution in [2.75, 3.05) is 19.8 Å².